The first-order valence-electron chi connectivity index (χ1n) is 6.33. The van der Waals surface area contributed by atoms with Crippen LogP contribution in [0, 0.1) is 6.92 Å². The SMILES string of the molecule is Cc1cccc(N)c1NC(=O)CS(=O)(=O)c1ccccc1. The topological polar surface area (TPSA) is 89.3 Å². The third kappa shape index (κ3) is 3.61. The van der Waals surface area contributed by atoms with Gasteiger partial charge in [-0.25, -0.2) is 8.42 Å². The molecule has 0 radical (unpaired) electrons. The summed E-state index contributed by atoms with van der Waals surface area (Å²) < 4.78 is 24.2. The number of para-hydroxylation sites is 1. The summed E-state index contributed by atoms with van der Waals surface area (Å²) in [6.45, 7) is 1.79. The molecule has 0 spiro atoms. The molecule has 0 fully saturated rings. The predicted octanol–water partition coefficient (Wildman–Crippen LogP) is 1.99. The van der Waals surface area contributed by atoms with E-state index in [1.165, 1.54) is 12.1 Å². The van der Waals surface area contributed by atoms with E-state index < -0.39 is 21.5 Å². The van der Waals surface area contributed by atoms with Crippen molar-refractivity contribution >= 4 is 27.1 Å². The fourth-order valence-electron chi connectivity index (χ4n) is 1.92. The van der Waals surface area contributed by atoms with E-state index in [9.17, 15) is 13.2 Å². The zero-order chi connectivity index (χ0) is 15.5. The van der Waals surface area contributed by atoms with Gasteiger partial charge < -0.3 is 11.1 Å². The van der Waals surface area contributed by atoms with Gasteiger partial charge in [0.1, 0.15) is 5.75 Å². The summed E-state index contributed by atoms with van der Waals surface area (Å²) in [5.74, 6) is -1.23. The third-order valence-electron chi connectivity index (χ3n) is 2.99. The normalized spacial score (nSPS) is 11.1. The van der Waals surface area contributed by atoms with Gasteiger partial charge in [-0.05, 0) is 30.7 Å². The molecule has 5 nitrogen and oxygen atoms in total. The Balaban J connectivity index is 2.16. The second-order valence-corrected chi connectivity index (χ2v) is 6.65. The Morgan fingerprint density at radius 1 is 1.10 bits per heavy atom. The van der Waals surface area contributed by atoms with E-state index in [2.05, 4.69) is 5.32 Å². The van der Waals surface area contributed by atoms with Crippen LogP contribution in [-0.2, 0) is 14.6 Å². The minimum atomic E-state index is -3.66. The van der Waals surface area contributed by atoms with E-state index in [-0.39, 0.29) is 4.90 Å². The average Bonchev–Trinajstić information content (AvgIpc) is 2.43. The van der Waals surface area contributed by atoms with Crippen LogP contribution < -0.4 is 11.1 Å². The number of amides is 1. The zero-order valence-electron chi connectivity index (χ0n) is 11.5. The molecule has 0 aliphatic rings. The Kier molecular flexibility index (Phi) is 4.28. The van der Waals surface area contributed by atoms with Crippen LogP contribution in [0.5, 0.6) is 0 Å². The van der Waals surface area contributed by atoms with Crippen LogP contribution in [0.4, 0.5) is 11.4 Å². The van der Waals surface area contributed by atoms with Gasteiger partial charge in [0, 0.05) is 0 Å². The van der Waals surface area contributed by atoms with Gasteiger partial charge in [0.15, 0.2) is 9.84 Å². The molecule has 110 valence electrons. The van der Waals surface area contributed by atoms with Gasteiger partial charge in [0.25, 0.3) is 0 Å². The molecule has 0 aromatic heterocycles. The quantitative estimate of drug-likeness (QED) is 0.845. The molecule has 6 heteroatoms. The first kappa shape index (κ1) is 15.1. The fraction of sp³-hybridized carbons (Fsp3) is 0.133. The molecule has 2 aromatic rings. The number of carbonyl (C=O) groups excluding carboxylic acids is 1. The second-order valence-electron chi connectivity index (χ2n) is 4.66. The van der Waals surface area contributed by atoms with Gasteiger partial charge in [-0.15, -0.1) is 0 Å². The van der Waals surface area contributed by atoms with Crippen LogP contribution in [0.25, 0.3) is 0 Å². The molecule has 0 aliphatic heterocycles. The highest BCUT2D eigenvalue weighted by Gasteiger charge is 2.19. The van der Waals surface area contributed by atoms with Crippen molar-refractivity contribution in [2.45, 2.75) is 11.8 Å². The van der Waals surface area contributed by atoms with Crippen LogP contribution in [0.1, 0.15) is 5.56 Å². The summed E-state index contributed by atoms with van der Waals surface area (Å²) >= 11 is 0. The van der Waals surface area contributed by atoms with Gasteiger partial charge in [-0.3, -0.25) is 4.79 Å². The first-order chi connectivity index (χ1) is 9.90. The highest BCUT2D eigenvalue weighted by atomic mass is 32.2. The monoisotopic (exact) mass is 304 g/mol. The van der Waals surface area contributed by atoms with Crippen molar-refractivity contribution in [2.75, 3.05) is 16.8 Å². The number of rotatable bonds is 4. The molecule has 2 rings (SSSR count). The van der Waals surface area contributed by atoms with Gasteiger partial charge >= 0.3 is 0 Å². The van der Waals surface area contributed by atoms with E-state index in [0.717, 1.165) is 5.56 Å². The van der Waals surface area contributed by atoms with Crippen LogP contribution in [0.2, 0.25) is 0 Å². The molecule has 0 bridgehead atoms. The molecule has 1 amide bonds. The summed E-state index contributed by atoms with van der Waals surface area (Å²) in [5.41, 5.74) is 7.41. The lowest BCUT2D eigenvalue weighted by Gasteiger charge is -2.11. The largest absolute Gasteiger partial charge is 0.397 e. The second kappa shape index (κ2) is 5.97. The van der Waals surface area contributed by atoms with Gasteiger partial charge in [0.05, 0.1) is 16.3 Å². The number of nitrogens with two attached hydrogens (primary N) is 1. The van der Waals surface area contributed by atoms with Crippen molar-refractivity contribution in [1.29, 1.82) is 0 Å². The molecule has 0 unspecified atom stereocenters. The maximum atomic E-state index is 12.1. The predicted molar refractivity (Wildman–Crippen MR) is 82.7 cm³/mol. The number of aryl methyl sites for hydroxylation is 1. The summed E-state index contributed by atoms with van der Waals surface area (Å²) in [6.07, 6.45) is 0. The highest BCUT2D eigenvalue weighted by Crippen LogP contribution is 2.22. The van der Waals surface area contributed by atoms with Crippen molar-refractivity contribution in [3.63, 3.8) is 0 Å². The number of sulfone groups is 1. The van der Waals surface area contributed by atoms with E-state index in [4.69, 9.17) is 5.73 Å². The van der Waals surface area contributed by atoms with Crippen molar-refractivity contribution in [1.82, 2.24) is 0 Å². The highest BCUT2D eigenvalue weighted by molar-refractivity contribution is 7.92. The number of nitrogen functional groups attached to an aromatic ring is 1. The van der Waals surface area contributed by atoms with Crippen LogP contribution in [0.3, 0.4) is 0 Å². The maximum absolute atomic E-state index is 12.1. The van der Waals surface area contributed by atoms with Gasteiger partial charge in [-0.1, -0.05) is 30.3 Å². The minimum absolute atomic E-state index is 0.123. The third-order valence-corrected chi connectivity index (χ3v) is 4.63. The molecular weight excluding hydrogens is 288 g/mol. The number of hydrogen-bond acceptors (Lipinski definition) is 4. The lowest BCUT2D eigenvalue weighted by molar-refractivity contribution is -0.113. The fourth-order valence-corrected chi connectivity index (χ4v) is 3.08. The average molecular weight is 304 g/mol. The van der Waals surface area contributed by atoms with Crippen molar-refractivity contribution < 1.29 is 13.2 Å². The number of benzene rings is 2. The van der Waals surface area contributed by atoms with E-state index in [0.29, 0.717) is 11.4 Å². The van der Waals surface area contributed by atoms with E-state index >= 15 is 0 Å². The minimum Gasteiger partial charge on any atom is -0.397 e. The summed E-state index contributed by atoms with van der Waals surface area (Å²) in [4.78, 5) is 12.1. The number of nitrogens with one attached hydrogen (secondary N) is 1. The Bertz CT molecular complexity index is 735. The molecule has 3 N–H and O–H groups in total. The van der Waals surface area contributed by atoms with Crippen LogP contribution in [0.15, 0.2) is 53.4 Å². The lowest BCUT2D eigenvalue weighted by atomic mass is 10.1. The summed E-state index contributed by atoms with van der Waals surface area (Å²) in [7, 11) is -3.66. The number of anilines is 2. The van der Waals surface area contributed by atoms with Crippen molar-refractivity contribution in [3.8, 4) is 0 Å². The standard InChI is InChI=1S/C15H16N2O3S/c1-11-6-5-9-13(16)15(11)17-14(18)10-21(19,20)12-7-3-2-4-8-12/h2-9H,10,16H2,1H3,(H,17,18). The summed E-state index contributed by atoms with van der Waals surface area (Å²) in [6, 6.07) is 13.1. The number of hydrogen-bond donors (Lipinski definition) is 2. The van der Waals surface area contributed by atoms with Crippen LogP contribution >= 0.6 is 0 Å². The molecule has 0 saturated heterocycles. The van der Waals surface area contributed by atoms with Crippen molar-refractivity contribution in [3.05, 3.63) is 54.1 Å². The molecule has 0 saturated carbocycles. The smallest absolute Gasteiger partial charge is 0.240 e. The molecule has 0 atom stereocenters. The molecule has 0 aliphatic carbocycles. The summed E-state index contributed by atoms with van der Waals surface area (Å²) in [5, 5.41) is 2.56. The molecule has 21 heavy (non-hydrogen) atoms. The Morgan fingerprint density at radius 2 is 1.76 bits per heavy atom. The molecule has 2 aromatic carbocycles. The Morgan fingerprint density at radius 3 is 2.38 bits per heavy atom. The lowest BCUT2D eigenvalue weighted by Crippen LogP contribution is -2.23. The zero-order valence-corrected chi connectivity index (χ0v) is 12.4. The Hall–Kier alpha value is -2.34. The van der Waals surface area contributed by atoms with Gasteiger partial charge in [-0.2, -0.15) is 0 Å². The van der Waals surface area contributed by atoms with E-state index in [1.807, 2.05) is 0 Å². The van der Waals surface area contributed by atoms with E-state index in [1.54, 1.807) is 43.3 Å². The first-order valence-corrected chi connectivity index (χ1v) is 7.98. The maximum Gasteiger partial charge on any atom is 0.240 e. The number of carbonyl (C=O) groups is 1. The molecule has 0 heterocycles. The van der Waals surface area contributed by atoms with Crippen LogP contribution in [-0.4, -0.2) is 20.1 Å². The molecular formula is C15H16N2O3S. The van der Waals surface area contributed by atoms with Gasteiger partial charge in [0.2, 0.25) is 5.91 Å². The van der Waals surface area contributed by atoms with Crippen molar-refractivity contribution in [2.24, 2.45) is 0 Å². The Labute approximate surface area is 123 Å².